The SMILES string of the molecule is Cc1nc(CNCc2cn(C(C)(C)C)nn2)no1. The lowest BCUT2D eigenvalue weighted by atomic mass is 10.1. The zero-order valence-electron chi connectivity index (χ0n) is 11.1. The van der Waals surface area contributed by atoms with Gasteiger partial charge in [0.1, 0.15) is 0 Å². The lowest BCUT2D eigenvalue weighted by Gasteiger charge is -2.17. The first kappa shape index (κ1) is 12.7. The largest absolute Gasteiger partial charge is 0.340 e. The van der Waals surface area contributed by atoms with Gasteiger partial charge in [0.05, 0.1) is 24.0 Å². The van der Waals surface area contributed by atoms with E-state index < -0.39 is 0 Å². The normalized spacial score (nSPS) is 12.0. The monoisotopic (exact) mass is 250 g/mol. The maximum atomic E-state index is 4.88. The molecule has 0 fully saturated rings. The van der Waals surface area contributed by atoms with Gasteiger partial charge < -0.3 is 9.84 Å². The van der Waals surface area contributed by atoms with E-state index in [0.717, 1.165) is 5.69 Å². The number of nitrogens with one attached hydrogen (secondary N) is 1. The fourth-order valence-electron chi connectivity index (χ4n) is 1.42. The number of nitrogens with zero attached hydrogens (tertiary/aromatic N) is 5. The van der Waals surface area contributed by atoms with Gasteiger partial charge in [-0.05, 0) is 20.8 Å². The second-order valence-corrected chi connectivity index (χ2v) is 5.16. The zero-order chi connectivity index (χ0) is 13.2. The van der Waals surface area contributed by atoms with Crippen LogP contribution in [0.4, 0.5) is 0 Å². The van der Waals surface area contributed by atoms with Crippen molar-refractivity contribution in [1.82, 2.24) is 30.5 Å². The van der Waals surface area contributed by atoms with Crippen molar-refractivity contribution in [3.63, 3.8) is 0 Å². The van der Waals surface area contributed by atoms with Crippen LogP contribution in [0, 0.1) is 6.92 Å². The third kappa shape index (κ3) is 3.13. The summed E-state index contributed by atoms with van der Waals surface area (Å²) in [5.41, 5.74) is 0.848. The Bertz CT molecular complexity index is 510. The van der Waals surface area contributed by atoms with Crippen molar-refractivity contribution in [2.24, 2.45) is 0 Å². The van der Waals surface area contributed by atoms with Crippen LogP contribution in [0.25, 0.3) is 0 Å². The summed E-state index contributed by atoms with van der Waals surface area (Å²) >= 11 is 0. The van der Waals surface area contributed by atoms with Crippen LogP contribution in [0.1, 0.15) is 38.2 Å². The van der Waals surface area contributed by atoms with Gasteiger partial charge in [0.25, 0.3) is 0 Å². The summed E-state index contributed by atoms with van der Waals surface area (Å²) in [4.78, 5) is 4.10. The fourth-order valence-corrected chi connectivity index (χ4v) is 1.42. The molecule has 1 N–H and O–H groups in total. The minimum absolute atomic E-state index is 0.0456. The molecule has 98 valence electrons. The molecule has 0 amide bonds. The van der Waals surface area contributed by atoms with E-state index in [2.05, 4.69) is 46.5 Å². The first-order valence-electron chi connectivity index (χ1n) is 5.87. The third-order valence-corrected chi connectivity index (χ3v) is 2.39. The van der Waals surface area contributed by atoms with Crippen molar-refractivity contribution in [3.05, 3.63) is 23.6 Å². The number of rotatable bonds is 4. The molecular weight excluding hydrogens is 232 g/mol. The van der Waals surface area contributed by atoms with Gasteiger partial charge in [0.2, 0.25) is 5.89 Å². The Morgan fingerprint density at radius 2 is 2.11 bits per heavy atom. The summed E-state index contributed by atoms with van der Waals surface area (Å²) in [6.07, 6.45) is 1.94. The van der Waals surface area contributed by atoms with E-state index in [1.807, 2.05) is 10.9 Å². The second-order valence-electron chi connectivity index (χ2n) is 5.16. The van der Waals surface area contributed by atoms with Crippen molar-refractivity contribution >= 4 is 0 Å². The van der Waals surface area contributed by atoms with Crippen molar-refractivity contribution in [3.8, 4) is 0 Å². The van der Waals surface area contributed by atoms with Crippen LogP contribution in [0.2, 0.25) is 0 Å². The molecule has 0 aromatic carbocycles. The van der Waals surface area contributed by atoms with Gasteiger partial charge in [-0.25, -0.2) is 4.68 Å². The molecule has 0 bridgehead atoms. The van der Waals surface area contributed by atoms with E-state index >= 15 is 0 Å². The van der Waals surface area contributed by atoms with E-state index in [4.69, 9.17) is 4.52 Å². The molecule has 2 aromatic rings. The van der Waals surface area contributed by atoms with E-state index in [0.29, 0.717) is 24.8 Å². The fraction of sp³-hybridized carbons (Fsp3) is 0.636. The molecule has 0 unspecified atom stereocenters. The first-order valence-corrected chi connectivity index (χ1v) is 5.87. The van der Waals surface area contributed by atoms with Crippen molar-refractivity contribution < 1.29 is 4.52 Å². The van der Waals surface area contributed by atoms with Crippen LogP contribution >= 0.6 is 0 Å². The molecule has 0 saturated heterocycles. The molecule has 2 rings (SSSR count). The Morgan fingerprint density at radius 3 is 2.67 bits per heavy atom. The summed E-state index contributed by atoms with van der Waals surface area (Å²) in [7, 11) is 0. The van der Waals surface area contributed by atoms with Gasteiger partial charge in [-0.15, -0.1) is 5.10 Å². The predicted octanol–water partition coefficient (Wildman–Crippen LogP) is 1.01. The number of hydrogen-bond donors (Lipinski definition) is 1. The van der Waals surface area contributed by atoms with Gasteiger partial charge in [-0.3, -0.25) is 0 Å². The molecule has 0 radical (unpaired) electrons. The summed E-state index contributed by atoms with van der Waals surface area (Å²) in [6, 6.07) is 0. The molecule has 7 nitrogen and oxygen atoms in total. The van der Waals surface area contributed by atoms with Crippen LogP contribution in [-0.4, -0.2) is 25.1 Å². The third-order valence-electron chi connectivity index (χ3n) is 2.39. The summed E-state index contributed by atoms with van der Waals surface area (Å²) in [6.45, 7) is 9.21. The van der Waals surface area contributed by atoms with Crippen LogP contribution in [0.3, 0.4) is 0 Å². The molecule has 18 heavy (non-hydrogen) atoms. The number of hydrogen-bond acceptors (Lipinski definition) is 6. The first-order chi connectivity index (χ1) is 8.45. The molecule has 7 heteroatoms. The minimum atomic E-state index is -0.0456. The van der Waals surface area contributed by atoms with E-state index in [9.17, 15) is 0 Å². The van der Waals surface area contributed by atoms with Crippen molar-refractivity contribution in [2.75, 3.05) is 0 Å². The van der Waals surface area contributed by atoms with Crippen LogP contribution in [-0.2, 0) is 18.6 Å². The van der Waals surface area contributed by atoms with Gasteiger partial charge in [-0.2, -0.15) is 4.98 Å². The maximum Gasteiger partial charge on any atom is 0.223 e. The highest BCUT2D eigenvalue weighted by atomic mass is 16.5. The number of aromatic nitrogens is 5. The van der Waals surface area contributed by atoms with Crippen LogP contribution in [0.5, 0.6) is 0 Å². The molecule has 0 aliphatic heterocycles. The highest BCUT2D eigenvalue weighted by Crippen LogP contribution is 2.11. The molecule has 2 aromatic heterocycles. The topological polar surface area (TPSA) is 81.7 Å². The van der Waals surface area contributed by atoms with Crippen molar-refractivity contribution in [2.45, 2.75) is 46.3 Å². The Balaban J connectivity index is 1.85. The standard InChI is InChI=1S/C11H18N6O/c1-8-13-10(15-18-8)6-12-5-9-7-17(16-14-9)11(2,3)4/h7,12H,5-6H2,1-4H3. The highest BCUT2D eigenvalue weighted by molar-refractivity contribution is 4.94. The Labute approximate surface area is 106 Å². The summed E-state index contributed by atoms with van der Waals surface area (Å²) in [5, 5.41) is 15.2. The lowest BCUT2D eigenvalue weighted by molar-refractivity contribution is 0.347. The van der Waals surface area contributed by atoms with Gasteiger partial charge >= 0.3 is 0 Å². The van der Waals surface area contributed by atoms with Gasteiger partial charge in [0.15, 0.2) is 5.82 Å². The Hall–Kier alpha value is -1.76. The minimum Gasteiger partial charge on any atom is -0.340 e. The smallest absolute Gasteiger partial charge is 0.223 e. The van der Waals surface area contributed by atoms with Crippen LogP contribution < -0.4 is 5.32 Å². The van der Waals surface area contributed by atoms with E-state index in [1.54, 1.807) is 6.92 Å². The Morgan fingerprint density at radius 1 is 1.33 bits per heavy atom. The molecule has 0 spiro atoms. The van der Waals surface area contributed by atoms with Crippen molar-refractivity contribution in [1.29, 1.82) is 0 Å². The molecule has 2 heterocycles. The molecule has 0 aliphatic rings. The predicted molar refractivity (Wildman–Crippen MR) is 64.6 cm³/mol. The second kappa shape index (κ2) is 4.85. The van der Waals surface area contributed by atoms with E-state index in [1.165, 1.54) is 0 Å². The summed E-state index contributed by atoms with van der Waals surface area (Å²) < 4.78 is 6.73. The maximum absolute atomic E-state index is 4.88. The number of aryl methyl sites for hydroxylation is 1. The van der Waals surface area contributed by atoms with Gasteiger partial charge in [-0.1, -0.05) is 10.4 Å². The average molecular weight is 250 g/mol. The zero-order valence-corrected chi connectivity index (χ0v) is 11.1. The highest BCUT2D eigenvalue weighted by Gasteiger charge is 2.14. The molecule has 0 saturated carbocycles. The van der Waals surface area contributed by atoms with E-state index in [-0.39, 0.29) is 5.54 Å². The molecule has 0 aliphatic carbocycles. The molecular formula is C11H18N6O. The Kier molecular flexibility index (Phi) is 3.42. The van der Waals surface area contributed by atoms with Crippen LogP contribution in [0.15, 0.2) is 10.7 Å². The van der Waals surface area contributed by atoms with Gasteiger partial charge in [0, 0.05) is 13.5 Å². The average Bonchev–Trinajstić information content (AvgIpc) is 2.87. The molecule has 0 atom stereocenters. The lowest BCUT2D eigenvalue weighted by Crippen LogP contribution is -2.22. The quantitative estimate of drug-likeness (QED) is 0.872. The summed E-state index contributed by atoms with van der Waals surface area (Å²) in [5.74, 6) is 1.22.